The highest BCUT2D eigenvalue weighted by atomic mass is 16.7. The number of carbonyl (C=O) groups is 1. The maximum atomic E-state index is 12.2. The Kier molecular flexibility index (Phi) is 6.59. The summed E-state index contributed by atoms with van der Waals surface area (Å²) in [5.41, 5.74) is -1.68. The summed E-state index contributed by atoms with van der Waals surface area (Å²) in [7, 11) is 0. The van der Waals surface area contributed by atoms with E-state index in [1.165, 1.54) is 0 Å². The van der Waals surface area contributed by atoms with Crippen LogP contribution in [0.15, 0.2) is 0 Å². The molecule has 0 aromatic carbocycles. The number of aliphatic hydroxyl groups excluding tert-OH is 6. The molecule has 1 saturated heterocycles. The molecule has 11 heteroatoms. The summed E-state index contributed by atoms with van der Waals surface area (Å²) in [6.45, 7) is -1.29. The molecule has 3 rings (SSSR count). The third-order valence-electron chi connectivity index (χ3n) is 5.69. The second-order valence-electron chi connectivity index (χ2n) is 8.04. The Bertz CT molecular complexity index is 560. The number of rotatable bonds is 6. The first kappa shape index (κ1) is 21.8. The monoisotopic (exact) mass is 407 g/mol. The van der Waals surface area contributed by atoms with Crippen molar-refractivity contribution in [2.75, 3.05) is 13.2 Å². The van der Waals surface area contributed by atoms with Crippen LogP contribution >= 0.6 is 0 Å². The van der Waals surface area contributed by atoms with Gasteiger partial charge in [-0.05, 0) is 12.8 Å². The van der Waals surface area contributed by atoms with Gasteiger partial charge in [0.2, 0.25) is 5.91 Å². The van der Waals surface area contributed by atoms with Gasteiger partial charge in [0.1, 0.15) is 30.5 Å². The topological polar surface area (TPSA) is 189 Å². The van der Waals surface area contributed by atoms with Crippen LogP contribution in [0, 0.1) is 5.92 Å². The van der Waals surface area contributed by atoms with Crippen LogP contribution in [0.3, 0.4) is 0 Å². The molecule has 1 heterocycles. The number of carbonyl (C=O) groups excluding carboxylic acids is 1. The predicted octanol–water partition coefficient (Wildman–Crippen LogP) is -4.06. The molecule has 2 aliphatic carbocycles. The molecular formula is C17H29NO10. The summed E-state index contributed by atoms with van der Waals surface area (Å²) in [4.78, 5) is 12.2. The first-order valence-corrected chi connectivity index (χ1v) is 9.47. The molecule has 8 N–H and O–H groups in total. The molecule has 3 aliphatic rings. The second-order valence-corrected chi connectivity index (χ2v) is 8.04. The maximum Gasteiger partial charge on any atom is 0.223 e. The van der Waals surface area contributed by atoms with Gasteiger partial charge in [0.05, 0.1) is 31.0 Å². The van der Waals surface area contributed by atoms with Crippen LogP contribution in [-0.4, -0.2) is 109 Å². The van der Waals surface area contributed by atoms with Gasteiger partial charge in [-0.2, -0.15) is 0 Å². The zero-order chi connectivity index (χ0) is 20.6. The maximum absolute atomic E-state index is 12.2. The highest BCUT2D eigenvalue weighted by molar-refractivity contribution is 5.81. The number of ether oxygens (including phenoxy) is 2. The van der Waals surface area contributed by atoms with E-state index in [1.807, 2.05) is 0 Å². The minimum Gasteiger partial charge on any atom is -0.394 e. The molecule has 1 aliphatic heterocycles. The largest absolute Gasteiger partial charge is 0.394 e. The molecule has 162 valence electrons. The zero-order valence-corrected chi connectivity index (χ0v) is 15.3. The van der Waals surface area contributed by atoms with E-state index in [0.29, 0.717) is 12.8 Å². The standard InChI is InChI=1S/C17H29NO10/c19-5-10-13(23)14(24)11(18-15(25)7-1-2-7)16(28-10)27-9-4-17(26,6-20)3-8(21)12(9)22/h7-14,16,19-24,26H,1-6H2,(H,18,25)/t8-,9-,10-,11-,12-,13-,14-,16+,17+/m1/s1. The molecule has 0 radical (unpaired) electrons. The average molecular weight is 407 g/mol. The molecule has 1 amide bonds. The summed E-state index contributed by atoms with van der Waals surface area (Å²) in [5, 5.41) is 72.4. The molecule has 3 fully saturated rings. The fourth-order valence-electron chi connectivity index (χ4n) is 3.75. The Labute approximate surface area is 161 Å². The molecule has 11 nitrogen and oxygen atoms in total. The Hall–Kier alpha value is -0.890. The SMILES string of the molecule is O=C(N[C@H]1[C@@H](O[C@@H]2C[C@](O)(CO)C[C@@H](O)[C@H]2O)O[C@H](CO)[C@@H](O)[C@@H]1O)C1CC1. The number of nitrogens with one attached hydrogen (secondary N) is 1. The molecule has 0 unspecified atom stereocenters. The van der Waals surface area contributed by atoms with Crippen LogP contribution in [0.5, 0.6) is 0 Å². The smallest absolute Gasteiger partial charge is 0.223 e. The molecule has 0 bridgehead atoms. The van der Waals surface area contributed by atoms with Gasteiger partial charge >= 0.3 is 0 Å². The first-order valence-electron chi connectivity index (χ1n) is 9.47. The molecule has 0 spiro atoms. The average Bonchev–Trinajstić information content (AvgIpc) is 3.50. The van der Waals surface area contributed by atoms with Crippen molar-refractivity contribution >= 4 is 5.91 Å². The van der Waals surface area contributed by atoms with Crippen LogP contribution < -0.4 is 5.32 Å². The predicted molar refractivity (Wildman–Crippen MR) is 90.6 cm³/mol. The zero-order valence-electron chi connectivity index (χ0n) is 15.3. The molecule has 0 aromatic heterocycles. The first-order chi connectivity index (χ1) is 13.2. The minimum absolute atomic E-state index is 0.192. The van der Waals surface area contributed by atoms with E-state index < -0.39 is 67.8 Å². The van der Waals surface area contributed by atoms with E-state index in [2.05, 4.69) is 5.32 Å². The Balaban J connectivity index is 1.77. The van der Waals surface area contributed by atoms with Gasteiger partial charge < -0.3 is 50.5 Å². The van der Waals surface area contributed by atoms with Crippen molar-refractivity contribution in [1.29, 1.82) is 0 Å². The van der Waals surface area contributed by atoms with Crippen molar-refractivity contribution in [1.82, 2.24) is 5.32 Å². The molecule has 0 aromatic rings. The van der Waals surface area contributed by atoms with Crippen LogP contribution in [0.4, 0.5) is 0 Å². The van der Waals surface area contributed by atoms with E-state index in [9.17, 15) is 40.5 Å². The Morgan fingerprint density at radius 1 is 1.07 bits per heavy atom. The van der Waals surface area contributed by atoms with Gasteiger partial charge in [-0.15, -0.1) is 0 Å². The summed E-state index contributed by atoms with van der Waals surface area (Å²) in [6.07, 6.45) is -8.59. The van der Waals surface area contributed by atoms with Crippen molar-refractivity contribution in [3.63, 3.8) is 0 Å². The lowest BCUT2D eigenvalue weighted by Crippen LogP contribution is -2.66. The van der Waals surface area contributed by atoms with Gasteiger partial charge in [0.15, 0.2) is 6.29 Å². The van der Waals surface area contributed by atoms with Crippen molar-refractivity contribution in [2.45, 2.75) is 80.2 Å². The Morgan fingerprint density at radius 3 is 2.32 bits per heavy atom. The molecule has 2 saturated carbocycles. The lowest BCUT2D eigenvalue weighted by atomic mass is 9.80. The van der Waals surface area contributed by atoms with E-state index in [-0.39, 0.29) is 24.7 Å². The fraction of sp³-hybridized carbons (Fsp3) is 0.941. The molecular weight excluding hydrogens is 378 g/mol. The van der Waals surface area contributed by atoms with Gasteiger partial charge in [-0.25, -0.2) is 0 Å². The van der Waals surface area contributed by atoms with Crippen molar-refractivity contribution in [3.8, 4) is 0 Å². The van der Waals surface area contributed by atoms with Crippen LogP contribution in [-0.2, 0) is 14.3 Å². The van der Waals surface area contributed by atoms with Crippen LogP contribution in [0.1, 0.15) is 25.7 Å². The number of hydrogen-bond donors (Lipinski definition) is 8. The van der Waals surface area contributed by atoms with E-state index >= 15 is 0 Å². The quantitative estimate of drug-likeness (QED) is 0.215. The Morgan fingerprint density at radius 2 is 1.75 bits per heavy atom. The summed E-state index contributed by atoms with van der Waals surface area (Å²) in [5.74, 6) is -0.533. The van der Waals surface area contributed by atoms with E-state index in [4.69, 9.17) is 9.47 Å². The van der Waals surface area contributed by atoms with Crippen molar-refractivity contribution in [2.24, 2.45) is 5.92 Å². The normalized spacial score (nSPS) is 47.0. The highest BCUT2D eigenvalue weighted by Gasteiger charge is 2.50. The number of amides is 1. The van der Waals surface area contributed by atoms with Gasteiger partial charge in [-0.1, -0.05) is 0 Å². The van der Waals surface area contributed by atoms with Crippen LogP contribution in [0.25, 0.3) is 0 Å². The lowest BCUT2D eigenvalue weighted by molar-refractivity contribution is -0.303. The van der Waals surface area contributed by atoms with Crippen LogP contribution in [0.2, 0.25) is 0 Å². The summed E-state index contributed by atoms with van der Waals surface area (Å²) < 4.78 is 11.2. The second kappa shape index (κ2) is 8.46. The van der Waals surface area contributed by atoms with Gasteiger partial charge in [0, 0.05) is 18.8 Å². The fourth-order valence-corrected chi connectivity index (χ4v) is 3.75. The lowest BCUT2D eigenvalue weighted by Gasteiger charge is -2.46. The van der Waals surface area contributed by atoms with Crippen molar-refractivity contribution in [3.05, 3.63) is 0 Å². The van der Waals surface area contributed by atoms with Crippen molar-refractivity contribution < 1.29 is 50.0 Å². The summed E-state index contributed by atoms with van der Waals surface area (Å²) in [6, 6.07) is -1.20. The van der Waals surface area contributed by atoms with E-state index in [1.54, 1.807) is 0 Å². The summed E-state index contributed by atoms with van der Waals surface area (Å²) >= 11 is 0. The third kappa shape index (κ3) is 4.48. The number of aliphatic hydroxyl groups is 7. The highest BCUT2D eigenvalue weighted by Crippen LogP contribution is 2.34. The van der Waals surface area contributed by atoms with Gasteiger partial charge in [-0.3, -0.25) is 4.79 Å². The van der Waals surface area contributed by atoms with E-state index in [0.717, 1.165) is 0 Å². The molecule has 28 heavy (non-hydrogen) atoms. The van der Waals surface area contributed by atoms with Gasteiger partial charge in [0.25, 0.3) is 0 Å². The third-order valence-corrected chi connectivity index (χ3v) is 5.69. The minimum atomic E-state index is -1.68. The number of hydrogen-bond acceptors (Lipinski definition) is 10. The molecule has 9 atom stereocenters.